The third-order valence-corrected chi connectivity index (χ3v) is 3.17. The Morgan fingerprint density at radius 3 is 2.19 bits per heavy atom. The van der Waals surface area contributed by atoms with Gasteiger partial charge in [0.05, 0.1) is 21.3 Å². The van der Waals surface area contributed by atoms with E-state index in [1.165, 1.54) is 0 Å². The molecule has 1 heterocycles. The molecule has 2 rings (SSSR count). The number of piperidine rings is 1. The summed E-state index contributed by atoms with van der Waals surface area (Å²) >= 11 is 0. The number of ether oxygens (including phenoxy) is 3. The molecule has 6 heteroatoms. The Morgan fingerprint density at radius 2 is 1.71 bits per heavy atom. The van der Waals surface area contributed by atoms with Crippen molar-refractivity contribution in [3.63, 3.8) is 0 Å². The zero-order valence-electron chi connectivity index (χ0n) is 12.4. The molecular formula is C15H20ClNO4. The van der Waals surface area contributed by atoms with Gasteiger partial charge in [-0.3, -0.25) is 4.79 Å². The van der Waals surface area contributed by atoms with Gasteiger partial charge in [-0.1, -0.05) is 0 Å². The quantitative estimate of drug-likeness (QED) is 0.925. The molecule has 0 spiro atoms. The molecule has 1 aliphatic rings. The molecule has 0 aromatic heterocycles. The standard InChI is InChI=1S/C15H19NO4.ClH/c1-18-13-7-10(8-14(19-2)15(13)20-3)6-11-9-12(17)4-5-16-11;/h6-8,16H,4-5,9H2,1-3H3;1H. The maximum absolute atomic E-state index is 11.5. The van der Waals surface area contributed by atoms with E-state index >= 15 is 0 Å². The van der Waals surface area contributed by atoms with E-state index in [-0.39, 0.29) is 18.2 Å². The lowest BCUT2D eigenvalue weighted by molar-refractivity contribution is -0.119. The number of Topliss-reactive ketones (excluding diaryl/α,β-unsaturated/α-hetero) is 1. The largest absolute Gasteiger partial charge is 0.493 e. The highest BCUT2D eigenvalue weighted by atomic mass is 35.5. The molecule has 0 saturated carbocycles. The summed E-state index contributed by atoms with van der Waals surface area (Å²) in [7, 11) is 4.73. The molecular weight excluding hydrogens is 294 g/mol. The summed E-state index contributed by atoms with van der Waals surface area (Å²) in [5.41, 5.74) is 1.81. The molecule has 1 aromatic rings. The summed E-state index contributed by atoms with van der Waals surface area (Å²) in [5.74, 6) is 2.01. The molecule has 1 aromatic carbocycles. The van der Waals surface area contributed by atoms with Gasteiger partial charge in [0.25, 0.3) is 0 Å². The fraction of sp³-hybridized carbons (Fsp3) is 0.400. The zero-order valence-corrected chi connectivity index (χ0v) is 13.2. The van der Waals surface area contributed by atoms with E-state index in [1.807, 2.05) is 18.2 Å². The van der Waals surface area contributed by atoms with E-state index in [0.717, 1.165) is 11.3 Å². The predicted octanol–water partition coefficient (Wildman–Crippen LogP) is 2.43. The minimum absolute atomic E-state index is 0. The van der Waals surface area contributed by atoms with Crippen molar-refractivity contribution in [3.05, 3.63) is 23.4 Å². The van der Waals surface area contributed by atoms with Crippen molar-refractivity contribution in [2.24, 2.45) is 0 Å². The molecule has 0 bridgehead atoms. The van der Waals surface area contributed by atoms with E-state index in [1.54, 1.807) is 21.3 Å². The second-order valence-electron chi connectivity index (χ2n) is 4.52. The SMILES string of the molecule is COc1cc(C=C2CC(=O)CCN2)cc(OC)c1OC.Cl. The summed E-state index contributed by atoms with van der Waals surface area (Å²) in [6.07, 6.45) is 2.96. The van der Waals surface area contributed by atoms with E-state index < -0.39 is 0 Å². The van der Waals surface area contributed by atoms with Gasteiger partial charge in [0.2, 0.25) is 5.75 Å². The number of hydrogen-bond donors (Lipinski definition) is 1. The van der Waals surface area contributed by atoms with Crippen LogP contribution in [0.3, 0.4) is 0 Å². The van der Waals surface area contributed by atoms with Crippen LogP contribution in [0.25, 0.3) is 6.08 Å². The molecule has 1 N–H and O–H groups in total. The molecule has 0 unspecified atom stereocenters. The summed E-state index contributed by atoms with van der Waals surface area (Å²) in [6.45, 7) is 0.690. The van der Waals surface area contributed by atoms with Crippen molar-refractivity contribution >= 4 is 24.3 Å². The van der Waals surface area contributed by atoms with Crippen LogP contribution in [-0.4, -0.2) is 33.7 Å². The average Bonchev–Trinajstić information content (AvgIpc) is 2.46. The first-order valence-electron chi connectivity index (χ1n) is 6.44. The first-order valence-corrected chi connectivity index (χ1v) is 6.44. The maximum Gasteiger partial charge on any atom is 0.203 e. The number of halogens is 1. The normalized spacial score (nSPS) is 16.0. The fourth-order valence-electron chi connectivity index (χ4n) is 2.21. The number of allylic oxidation sites excluding steroid dienone is 1. The van der Waals surface area contributed by atoms with Gasteiger partial charge in [-0.15, -0.1) is 12.4 Å². The van der Waals surface area contributed by atoms with Crippen molar-refractivity contribution in [1.82, 2.24) is 5.32 Å². The van der Waals surface area contributed by atoms with Crippen molar-refractivity contribution in [2.45, 2.75) is 12.8 Å². The van der Waals surface area contributed by atoms with Crippen LogP contribution in [0.2, 0.25) is 0 Å². The van der Waals surface area contributed by atoms with Gasteiger partial charge in [-0.25, -0.2) is 0 Å². The lowest BCUT2D eigenvalue weighted by atomic mass is 10.1. The van der Waals surface area contributed by atoms with Crippen LogP contribution in [0, 0.1) is 0 Å². The molecule has 21 heavy (non-hydrogen) atoms. The lowest BCUT2D eigenvalue weighted by Gasteiger charge is -2.17. The highest BCUT2D eigenvalue weighted by molar-refractivity contribution is 5.85. The summed E-state index contributed by atoms with van der Waals surface area (Å²) in [6, 6.07) is 3.71. The Labute approximate surface area is 130 Å². The summed E-state index contributed by atoms with van der Waals surface area (Å²) < 4.78 is 15.9. The first kappa shape index (κ1) is 17.2. The van der Waals surface area contributed by atoms with Gasteiger partial charge >= 0.3 is 0 Å². The maximum atomic E-state index is 11.5. The third kappa shape index (κ3) is 4.04. The number of rotatable bonds is 4. The highest BCUT2D eigenvalue weighted by Crippen LogP contribution is 2.38. The molecule has 116 valence electrons. The molecule has 0 aliphatic carbocycles. The van der Waals surface area contributed by atoms with E-state index in [9.17, 15) is 4.79 Å². The van der Waals surface area contributed by atoms with Gasteiger partial charge in [0.1, 0.15) is 5.78 Å². The van der Waals surface area contributed by atoms with Crippen LogP contribution < -0.4 is 19.5 Å². The van der Waals surface area contributed by atoms with Crippen LogP contribution in [0.5, 0.6) is 17.2 Å². The average molecular weight is 314 g/mol. The molecule has 1 fully saturated rings. The minimum Gasteiger partial charge on any atom is -0.493 e. The predicted molar refractivity (Wildman–Crippen MR) is 83.6 cm³/mol. The van der Waals surface area contributed by atoms with Crippen LogP contribution >= 0.6 is 12.4 Å². The Kier molecular flexibility index (Phi) is 6.37. The number of methoxy groups -OCH3 is 3. The number of carbonyl (C=O) groups excluding carboxylic acids is 1. The smallest absolute Gasteiger partial charge is 0.203 e. The van der Waals surface area contributed by atoms with Crippen molar-refractivity contribution < 1.29 is 19.0 Å². The Bertz CT molecular complexity index is 517. The van der Waals surface area contributed by atoms with Gasteiger partial charge in [-0.05, 0) is 23.8 Å². The Hall–Kier alpha value is -1.88. The van der Waals surface area contributed by atoms with E-state index in [4.69, 9.17) is 14.2 Å². The highest BCUT2D eigenvalue weighted by Gasteiger charge is 2.15. The molecule has 1 aliphatic heterocycles. The zero-order chi connectivity index (χ0) is 14.5. The second kappa shape index (κ2) is 7.78. The van der Waals surface area contributed by atoms with Crippen molar-refractivity contribution in [1.29, 1.82) is 0 Å². The number of ketones is 1. The van der Waals surface area contributed by atoms with Crippen LogP contribution in [-0.2, 0) is 4.79 Å². The van der Waals surface area contributed by atoms with E-state index in [0.29, 0.717) is 36.6 Å². The van der Waals surface area contributed by atoms with Crippen LogP contribution in [0.1, 0.15) is 18.4 Å². The molecule has 0 atom stereocenters. The van der Waals surface area contributed by atoms with Crippen molar-refractivity contribution in [2.75, 3.05) is 27.9 Å². The van der Waals surface area contributed by atoms with Gasteiger partial charge in [0, 0.05) is 25.1 Å². The monoisotopic (exact) mass is 313 g/mol. The topological polar surface area (TPSA) is 56.8 Å². The number of carbonyl (C=O) groups is 1. The number of hydrogen-bond acceptors (Lipinski definition) is 5. The summed E-state index contributed by atoms with van der Waals surface area (Å²) in [5, 5.41) is 3.23. The Balaban J connectivity index is 0.00000220. The van der Waals surface area contributed by atoms with Crippen molar-refractivity contribution in [3.8, 4) is 17.2 Å². The number of benzene rings is 1. The van der Waals surface area contributed by atoms with E-state index in [2.05, 4.69) is 5.32 Å². The van der Waals surface area contributed by atoms with Gasteiger partial charge in [-0.2, -0.15) is 0 Å². The van der Waals surface area contributed by atoms with Crippen LogP contribution in [0.15, 0.2) is 17.8 Å². The van der Waals surface area contributed by atoms with Crippen LogP contribution in [0.4, 0.5) is 0 Å². The molecule has 0 radical (unpaired) electrons. The summed E-state index contributed by atoms with van der Waals surface area (Å²) in [4.78, 5) is 11.5. The second-order valence-corrected chi connectivity index (χ2v) is 4.52. The first-order chi connectivity index (χ1) is 9.67. The lowest BCUT2D eigenvalue weighted by Crippen LogP contribution is -2.25. The number of nitrogens with one attached hydrogen (secondary N) is 1. The van der Waals surface area contributed by atoms with Gasteiger partial charge < -0.3 is 19.5 Å². The third-order valence-electron chi connectivity index (χ3n) is 3.17. The molecule has 0 amide bonds. The minimum atomic E-state index is 0. The molecule has 1 saturated heterocycles. The van der Waals surface area contributed by atoms with Gasteiger partial charge in [0.15, 0.2) is 11.5 Å². The molecule has 5 nitrogen and oxygen atoms in total. The fourth-order valence-corrected chi connectivity index (χ4v) is 2.21. The Morgan fingerprint density at radius 1 is 1.10 bits per heavy atom.